The van der Waals surface area contributed by atoms with Gasteiger partial charge in [-0.05, 0) is 0 Å². The molecule has 0 amide bonds. The van der Waals surface area contributed by atoms with E-state index in [9.17, 15) is 0 Å². The van der Waals surface area contributed by atoms with Crippen LogP contribution in [0.5, 0.6) is 0 Å². The van der Waals surface area contributed by atoms with Crippen LogP contribution in [0, 0.1) is 24.7 Å². The Kier molecular flexibility index (Phi) is 2.85. The summed E-state index contributed by atoms with van der Waals surface area (Å²) in [6.45, 7) is 0. The Balaban J connectivity index is 3.50. The van der Waals surface area contributed by atoms with E-state index >= 15 is 0 Å². The summed E-state index contributed by atoms with van der Waals surface area (Å²) >= 11 is 0. The normalized spacial score (nSPS) is 7.43. The van der Waals surface area contributed by atoms with Crippen molar-refractivity contribution < 1.29 is 4.74 Å². The van der Waals surface area contributed by atoms with Gasteiger partial charge in [-0.15, -0.1) is 12.8 Å². The van der Waals surface area contributed by atoms with Crippen molar-refractivity contribution >= 4 is 0 Å². The van der Waals surface area contributed by atoms with Gasteiger partial charge in [0.25, 0.3) is 0 Å². The molecular formula is C6H6O. The second-order valence-electron chi connectivity index (χ2n) is 0.949. The lowest BCUT2D eigenvalue weighted by Crippen LogP contribution is -2.01. The summed E-state index contributed by atoms with van der Waals surface area (Å²) in [5, 5.41) is 0. The van der Waals surface area contributed by atoms with Gasteiger partial charge in [0.15, 0.2) is 6.10 Å². The Morgan fingerprint density at radius 2 is 1.86 bits per heavy atom. The first-order chi connectivity index (χ1) is 3.35. The van der Waals surface area contributed by atoms with E-state index in [1.807, 2.05) is 0 Å². The zero-order valence-corrected chi connectivity index (χ0v) is 4.14. The van der Waals surface area contributed by atoms with Crippen molar-refractivity contribution in [2.75, 3.05) is 7.11 Å². The van der Waals surface area contributed by atoms with Gasteiger partial charge < -0.3 is 4.74 Å². The predicted molar refractivity (Wildman–Crippen MR) is 28.5 cm³/mol. The maximum Gasteiger partial charge on any atom is 0.178 e. The van der Waals surface area contributed by atoms with E-state index in [-0.39, 0.29) is 0 Å². The number of terminal acetylenes is 2. The summed E-state index contributed by atoms with van der Waals surface area (Å²) in [6, 6.07) is 0. The molecule has 1 nitrogen and oxygen atoms in total. The number of rotatable bonds is 1. The molecule has 0 unspecified atom stereocenters. The van der Waals surface area contributed by atoms with Crippen LogP contribution in [0.2, 0.25) is 0 Å². The van der Waals surface area contributed by atoms with Crippen molar-refractivity contribution in [3.8, 4) is 24.7 Å². The van der Waals surface area contributed by atoms with E-state index in [2.05, 4.69) is 16.6 Å². The molecule has 0 aromatic rings. The topological polar surface area (TPSA) is 9.23 Å². The van der Waals surface area contributed by atoms with E-state index in [0.29, 0.717) is 0 Å². The summed E-state index contributed by atoms with van der Waals surface area (Å²) < 4.78 is 4.58. The highest BCUT2D eigenvalue weighted by Gasteiger charge is 1.89. The molecule has 1 heteroatoms. The Hall–Kier alpha value is -0.920. The number of methoxy groups -OCH3 is 1. The lowest BCUT2D eigenvalue weighted by molar-refractivity contribution is 0.192. The quantitative estimate of drug-likeness (QED) is 0.424. The first-order valence-electron chi connectivity index (χ1n) is 1.80. The van der Waals surface area contributed by atoms with Crippen molar-refractivity contribution in [1.29, 1.82) is 0 Å². The smallest absolute Gasteiger partial charge is 0.178 e. The first kappa shape index (κ1) is 6.08. The SMILES string of the molecule is C#CC(C#C)OC. The molecule has 0 rings (SSSR count). The molecule has 0 aliphatic carbocycles. The van der Waals surface area contributed by atoms with Gasteiger partial charge >= 0.3 is 0 Å². The minimum absolute atomic E-state index is 0.458. The van der Waals surface area contributed by atoms with Gasteiger partial charge in [0.2, 0.25) is 0 Å². The van der Waals surface area contributed by atoms with Crippen molar-refractivity contribution in [2.24, 2.45) is 0 Å². The van der Waals surface area contributed by atoms with Gasteiger partial charge in [0, 0.05) is 7.11 Å². The number of ether oxygens (including phenoxy) is 1. The minimum atomic E-state index is -0.458. The van der Waals surface area contributed by atoms with Gasteiger partial charge in [-0.3, -0.25) is 0 Å². The van der Waals surface area contributed by atoms with Gasteiger partial charge in [-0.2, -0.15) is 0 Å². The Labute approximate surface area is 43.7 Å². The second kappa shape index (κ2) is 3.28. The molecule has 0 saturated carbocycles. The Morgan fingerprint density at radius 3 is 1.86 bits per heavy atom. The van der Waals surface area contributed by atoms with E-state index in [4.69, 9.17) is 12.8 Å². The van der Waals surface area contributed by atoms with Crippen LogP contribution in [-0.2, 0) is 4.74 Å². The highest BCUT2D eigenvalue weighted by atomic mass is 16.5. The summed E-state index contributed by atoms with van der Waals surface area (Å²) in [4.78, 5) is 0. The fourth-order valence-corrected chi connectivity index (χ4v) is 0.184. The molecule has 7 heavy (non-hydrogen) atoms. The molecule has 0 atom stereocenters. The van der Waals surface area contributed by atoms with Crippen molar-refractivity contribution in [1.82, 2.24) is 0 Å². The molecule has 0 fully saturated rings. The molecule has 0 heterocycles. The van der Waals surface area contributed by atoms with Crippen LogP contribution < -0.4 is 0 Å². The fraction of sp³-hybridized carbons (Fsp3) is 0.333. The monoisotopic (exact) mass is 94.0 g/mol. The molecule has 0 aliphatic rings. The van der Waals surface area contributed by atoms with Crippen LogP contribution >= 0.6 is 0 Å². The van der Waals surface area contributed by atoms with Crippen LogP contribution in [0.3, 0.4) is 0 Å². The number of hydrogen-bond donors (Lipinski definition) is 0. The van der Waals surface area contributed by atoms with E-state index in [0.717, 1.165) is 0 Å². The third-order valence-corrected chi connectivity index (χ3v) is 0.538. The standard InChI is InChI=1S/C6H6O/c1-4-6(5-2)7-3/h1-2,6H,3H3. The Bertz CT molecular complexity index is 99.1. The van der Waals surface area contributed by atoms with E-state index < -0.39 is 6.10 Å². The fourth-order valence-electron chi connectivity index (χ4n) is 0.184. The first-order valence-corrected chi connectivity index (χ1v) is 1.80. The molecule has 0 spiro atoms. The third-order valence-electron chi connectivity index (χ3n) is 0.538. The van der Waals surface area contributed by atoms with E-state index in [1.54, 1.807) is 0 Å². The van der Waals surface area contributed by atoms with Crippen molar-refractivity contribution in [3.05, 3.63) is 0 Å². The van der Waals surface area contributed by atoms with Crippen LogP contribution in [-0.4, -0.2) is 13.2 Å². The second-order valence-corrected chi connectivity index (χ2v) is 0.949. The maximum atomic E-state index is 4.88. The largest absolute Gasteiger partial charge is 0.357 e. The molecule has 0 aliphatic heterocycles. The molecule has 0 radical (unpaired) electrons. The molecular weight excluding hydrogens is 88.1 g/mol. The average molecular weight is 94.1 g/mol. The van der Waals surface area contributed by atoms with Crippen molar-refractivity contribution in [2.45, 2.75) is 6.10 Å². The lowest BCUT2D eigenvalue weighted by Gasteiger charge is -1.94. The highest BCUT2D eigenvalue weighted by Crippen LogP contribution is 1.79. The van der Waals surface area contributed by atoms with Crippen LogP contribution in [0.4, 0.5) is 0 Å². The number of hydrogen-bond acceptors (Lipinski definition) is 1. The zero-order chi connectivity index (χ0) is 5.70. The third kappa shape index (κ3) is 1.87. The van der Waals surface area contributed by atoms with Gasteiger partial charge in [-0.1, -0.05) is 11.8 Å². The summed E-state index contributed by atoms with van der Waals surface area (Å²) in [6.07, 6.45) is 9.29. The summed E-state index contributed by atoms with van der Waals surface area (Å²) in [5.41, 5.74) is 0. The minimum Gasteiger partial charge on any atom is -0.357 e. The van der Waals surface area contributed by atoms with Crippen LogP contribution in [0.15, 0.2) is 0 Å². The van der Waals surface area contributed by atoms with Crippen molar-refractivity contribution in [3.63, 3.8) is 0 Å². The van der Waals surface area contributed by atoms with E-state index in [1.165, 1.54) is 7.11 Å². The lowest BCUT2D eigenvalue weighted by atomic mass is 10.4. The summed E-state index contributed by atoms with van der Waals surface area (Å²) in [5.74, 6) is 4.49. The molecule has 0 saturated heterocycles. The highest BCUT2D eigenvalue weighted by molar-refractivity contribution is 5.11. The molecule has 0 N–H and O–H groups in total. The van der Waals surface area contributed by atoms with Gasteiger partial charge in [0.05, 0.1) is 0 Å². The predicted octanol–water partition coefficient (Wildman–Crippen LogP) is 0.268. The molecule has 0 bridgehead atoms. The average Bonchev–Trinajstić information content (AvgIpc) is 1.72. The molecule has 0 aromatic heterocycles. The van der Waals surface area contributed by atoms with Gasteiger partial charge in [-0.25, -0.2) is 0 Å². The zero-order valence-electron chi connectivity index (χ0n) is 4.14. The maximum absolute atomic E-state index is 4.88. The van der Waals surface area contributed by atoms with Crippen LogP contribution in [0.25, 0.3) is 0 Å². The van der Waals surface area contributed by atoms with Crippen LogP contribution in [0.1, 0.15) is 0 Å². The molecule has 36 valence electrons. The molecule has 0 aromatic carbocycles. The van der Waals surface area contributed by atoms with Gasteiger partial charge in [0.1, 0.15) is 0 Å². The summed E-state index contributed by atoms with van der Waals surface area (Å²) in [7, 11) is 1.48. The Morgan fingerprint density at radius 1 is 1.43 bits per heavy atom.